The Hall–Kier alpha value is -3.66. The standard InChI is InChI=1S/C22H24FN7O4/c1-21(2,32)18(23)8-27-20(31)15-6-25-16(3-17(15)28-10-22(33)11-34-12-22)14-7-29-30-9-13(4-24)5-26-19(14)30/h3,5-7,9,18,32-33H,8,10-12H2,1-2H3,(H,25,28)(H,27,31). The summed E-state index contributed by atoms with van der Waals surface area (Å²) in [7, 11) is 0. The van der Waals surface area contributed by atoms with E-state index in [1.54, 1.807) is 12.3 Å². The van der Waals surface area contributed by atoms with Gasteiger partial charge in [-0.25, -0.2) is 13.9 Å². The van der Waals surface area contributed by atoms with Gasteiger partial charge in [0.15, 0.2) is 5.65 Å². The van der Waals surface area contributed by atoms with Crippen molar-refractivity contribution in [3.63, 3.8) is 0 Å². The first-order chi connectivity index (χ1) is 16.1. The second-order valence-electron chi connectivity index (χ2n) is 8.80. The van der Waals surface area contributed by atoms with E-state index in [2.05, 4.69) is 25.7 Å². The third kappa shape index (κ3) is 4.81. The van der Waals surface area contributed by atoms with E-state index in [1.807, 2.05) is 6.07 Å². The lowest BCUT2D eigenvalue weighted by atomic mass is 10.0. The van der Waals surface area contributed by atoms with Gasteiger partial charge in [0.05, 0.1) is 65.8 Å². The molecule has 0 spiro atoms. The third-order valence-corrected chi connectivity index (χ3v) is 5.47. The Kier molecular flexibility index (Phi) is 6.18. The lowest BCUT2D eigenvalue weighted by molar-refractivity contribution is -0.168. The largest absolute Gasteiger partial charge is 0.387 e. The van der Waals surface area contributed by atoms with Crippen LogP contribution in [0.5, 0.6) is 0 Å². The molecule has 0 radical (unpaired) electrons. The molecule has 1 aliphatic rings. The third-order valence-electron chi connectivity index (χ3n) is 5.47. The highest BCUT2D eigenvalue weighted by Crippen LogP contribution is 2.27. The molecular weight excluding hydrogens is 445 g/mol. The van der Waals surface area contributed by atoms with Crippen LogP contribution in [0.15, 0.2) is 30.9 Å². The number of nitriles is 1. The van der Waals surface area contributed by atoms with Crippen molar-refractivity contribution in [1.82, 2.24) is 24.9 Å². The number of nitrogens with one attached hydrogen (secondary N) is 2. The summed E-state index contributed by atoms with van der Waals surface area (Å²) in [6.45, 7) is 2.68. The molecule has 1 fully saturated rings. The zero-order valence-corrected chi connectivity index (χ0v) is 18.6. The summed E-state index contributed by atoms with van der Waals surface area (Å²) in [6.07, 6.45) is 4.16. The SMILES string of the molecule is CC(C)(O)C(F)CNC(=O)c1cnc(-c2cnn3cc(C#N)cnc23)cc1NCC1(O)COC1. The number of aromatic nitrogens is 4. The van der Waals surface area contributed by atoms with Crippen LogP contribution in [0.4, 0.5) is 10.1 Å². The van der Waals surface area contributed by atoms with Gasteiger partial charge in [0.1, 0.15) is 17.8 Å². The number of ether oxygens (including phenoxy) is 1. The number of fused-ring (bicyclic) bond motifs is 1. The zero-order chi connectivity index (χ0) is 24.5. The van der Waals surface area contributed by atoms with E-state index >= 15 is 0 Å². The molecule has 0 saturated carbocycles. The quantitative estimate of drug-likeness (QED) is 0.372. The normalized spacial score (nSPS) is 15.9. The molecule has 1 atom stereocenters. The highest BCUT2D eigenvalue weighted by molar-refractivity contribution is 6.00. The number of rotatable bonds is 8. The van der Waals surface area contributed by atoms with Crippen LogP contribution in [-0.4, -0.2) is 79.4 Å². The molecule has 34 heavy (non-hydrogen) atoms. The van der Waals surface area contributed by atoms with Gasteiger partial charge < -0.3 is 25.6 Å². The Morgan fingerprint density at radius 1 is 1.38 bits per heavy atom. The number of amides is 1. The molecule has 12 heteroatoms. The Bertz CT molecular complexity index is 1260. The van der Waals surface area contributed by atoms with Gasteiger partial charge in [-0.05, 0) is 19.9 Å². The maximum atomic E-state index is 14.1. The molecule has 11 nitrogen and oxygen atoms in total. The number of carbonyl (C=O) groups is 1. The van der Waals surface area contributed by atoms with E-state index in [1.165, 1.54) is 37.0 Å². The van der Waals surface area contributed by atoms with E-state index in [-0.39, 0.29) is 31.9 Å². The molecule has 0 aromatic carbocycles. The summed E-state index contributed by atoms with van der Waals surface area (Å²) >= 11 is 0. The highest BCUT2D eigenvalue weighted by atomic mass is 19.1. The number of hydrogen-bond acceptors (Lipinski definition) is 9. The van der Waals surface area contributed by atoms with Gasteiger partial charge in [0, 0.05) is 18.9 Å². The van der Waals surface area contributed by atoms with Crippen LogP contribution in [0.3, 0.4) is 0 Å². The summed E-state index contributed by atoms with van der Waals surface area (Å²) in [6, 6.07) is 3.61. The van der Waals surface area contributed by atoms with E-state index in [9.17, 15) is 19.4 Å². The lowest BCUT2D eigenvalue weighted by Gasteiger charge is -2.36. The monoisotopic (exact) mass is 469 g/mol. The highest BCUT2D eigenvalue weighted by Gasteiger charge is 2.36. The summed E-state index contributed by atoms with van der Waals surface area (Å²) in [5.74, 6) is -0.595. The Morgan fingerprint density at radius 2 is 2.15 bits per heavy atom. The van der Waals surface area contributed by atoms with Gasteiger partial charge in [0.25, 0.3) is 5.91 Å². The topological polar surface area (TPSA) is 158 Å². The number of anilines is 1. The zero-order valence-electron chi connectivity index (χ0n) is 18.6. The van der Waals surface area contributed by atoms with E-state index in [4.69, 9.17) is 10.00 Å². The Labute approximate surface area is 194 Å². The van der Waals surface area contributed by atoms with Gasteiger partial charge in [-0.1, -0.05) is 0 Å². The fraction of sp³-hybridized carbons (Fsp3) is 0.409. The second-order valence-corrected chi connectivity index (χ2v) is 8.80. The predicted molar refractivity (Wildman–Crippen MR) is 119 cm³/mol. The number of aliphatic hydroxyl groups is 2. The molecule has 4 heterocycles. The van der Waals surface area contributed by atoms with Gasteiger partial charge in [0.2, 0.25) is 0 Å². The van der Waals surface area contributed by atoms with Crippen molar-refractivity contribution in [2.75, 3.05) is 31.6 Å². The van der Waals surface area contributed by atoms with Crippen molar-refractivity contribution >= 4 is 17.2 Å². The van der Waals surface area contributed by atoms with Crippen molar-refractivity contribution in [2.24, 2.45) is 0 Å². The summed E-state index contributed by atoms with van der Waals surface area (Å²) in [4.78, 5) is 21.4. The van der Waals surface area contributed by atoms with Crippen molar-refractivity contribution in [3.8, 4) is 17.3 Å². The molecule has 4 rings (SSSR count). The van der Waals surface area contributed by atoms with Crippen LogP contribution in [-0.2, 0) is 4.74 Å². The smallest absolute Gasteiger partial charge is 0.255 e. The van der Waals surface area contributed by atoms with Crippen LogP contribution >= 0.6 is 0 Å². The van der Waals surface area contributed by atoms with Crippen molar-refractivity contribution in [2.45, 2.75) is 31.2 Å². The first kappa shape index (κ1) is 23.5. The number of carbonyl (C=O) groups excluding carboxylic acids is 1. The molecule has 1 unspecified atom stereocenters. The van der Waals surface area contributed by atoms with Gasteiger partial charge in [-0.3, -0.25) is 9.78 Å². The molecular formula is C22H24FN7O4. The molecule has 1 amide bonds. The van der Waals surface area contributed by atoms with Gasteiger partial charge >= 0.3 is 0 Å². The molecule has 3 aromatic rings. The van der Waals surface area contributed by atoms with E-state index in [0.29, 0.717) is 28.2 Å². The van der Waals surface area contributed by atoms with Crippen molar-refractivity contribution in [1.29, 1.82) is 5.26 Å². The van der Waals surface area contributed by atoms with E-state index < -0.39 is 23.3 Å². The molecule has 0 bridgehead atoms. The Balaban J connectivity index is 1.64. The molecule has 3 aromatic heterocycles. The predicted octanol–water partition coefficient (Wildman–Crippen LogP) is 0.675. The molecule has 1 saturated heterocycles. The molecule has 1 aliphatic heterocycles. The molecule has 4 N–H and O–H groups in total. The number of pyridine rings is 1. The second kappa shape index (κ2) is 8.94. The lowest BCUT2D eigenvalue weighted by Crippen LogP contribution is -2.54. The minimum Gasteiger partial charge on any atom is -0.387 e. The number of alkyl halides is 1. The van der Waals surface area contributed by atoms with Crippen molar-refractivity contribution in [3.05, 3.63) is 42.0 Å². The minimum absolute atomic E-state index is 0.116. The fourth-order valence-corrected chi connectivity index (χ4v) is 3.27. The maximum Gasteiger partial charge on any atom is 0.255 e. The summed E-state index contributed by atoms with van der Waals surface area (Å²) in [5, 5.41) is 38.9. The number of hydrogen-bond donors (Lipinski definition) is 4. The fourth-order valence-electron chi connectivity index (χ4n) is 3.27. The molecule has 0 aliphatic carbocycles. The summed E-state index contributed by atoms with van der Waals surface area (Å²) < 4.78 is 20.6. The Morgan fingerprint density at radius 3 is 2.79 bits per heavy atom. The maximum absolute atomic E-state index is 14.1. The first-order valence-corrected chi connectivity index (χ1v) is 10.5. The van der Waals surface area contributed by atoms with Gasteiger partial charge in [-0.2, -0.15) is 10.4 Å². The van der Waals surface area contributed by atoms with Crippen LogP contribution in [0.2, 0.25) is 0 Å². The van der Waals surface area contributed by atoms with Gasteiger partial charge in [-0.15, -0.1) is 0 Å². The van der Waals surface area contributed by atoms with E-state index in [0.717, 1.165) is 0 Å². The average Bonchev–Trinajstić information content (AvgIpc) is 3.22. The number of halogens is 1. The summed E-state index contributed by atoms with van der Waals surface area (Å²) in [5.41, 5.74) is -0.364. The minimum atomic E-state index is -1.67. The number of nitrogens with zero attached hydrogens (tertiary/aromatic N) is 5. The first-order valence-electron chi connectivity index (χ1n) is 10.5. The van der Waals surface area contributed by atoms with Crippen LogP contribution in [0.25, 0.3) is 16.9 Å². The molecule has 178 valence electrons. The van der Waals surface area contributed by atoms with Crippen LogP contribution in [0.1, 0.15) is 29.8 Å². The van der Waals surface area contributed by atoms with Crippen LogP contribution in [0, 0.1) is 11.3 Å². The van der Waals surface area contributed by atoms with Crippen LogP contribution < -0.4 is 10.6 Å². The average molecular weight is 469 g/mol. The van der Waals surface area contributed by atoms with Crippen molar-refractivity contribution < 1.29 is 24.1 Å².